The Morgan fingerprint density at radius 2 is 1.92 bits per heavy atom. The standard InChI is InChI=1S/C10H12O2.K.H/c1-7(2)8-4-3-5-9(11)10(12)6-8;;/h3-7H,1-2H3,(H,11,12);;. The quantitative estimate of drug-likeness (QED) is 0.699. The fourth-order valence-electron chi connectivity index (χ4n) is 0.968. The Labute approximate surface area is 120 Å². The van der Waals surface area contributed by atoms with Gasteiger partial charge in [0.25, 0.3) is 0 Å². The molecule has 0 atom stereocenters. The van der Waals surface area contributed by atoms with E-state index in [0.717, 1.165) is 5.56 Å². The second-order valence-corrected chi connectivity index (χ2v) is 3.07. The summed E-state index contributed by atoms with van der Waals surface area (Å²) in [5, 5.41) is 9.20. The summed E-state index contributed by atoms with van der Waals surface area (Å²) in [7, 11) is 0. The van der Waals surface area contributed by atoms with Crippen molar-refractivity contribution in [2.75, 3.05) is 0 Å². The Morgan fingerprint density at radius 1 is 1.31 bits per heavy atom. The van der Waals surface area contributed by atoms with Crippen molar-refractivity contribution in [2.45, 2.75) is 19.8 Å². The van der Waals surface area contributed by atoms with Crippen LogP contribution in [0.2, 0.25) is 0 Å². The summed E-state index contributed by atoms with van der Waals surface area (Å²) in [4.78, 5) is 10.9. The molecule has 0 radical (unpaired) electrons. The van der Waals surface area contributed by atoms with Gasteiger partial charge in [-0.05, 0) is 23.6 Å². The van der Waals surface area contributed by atoms with E-state index in [0.29, 0.717) is 5.92 Å². The summed E-state index contributed by atoms with van der Waals surface area (Å²) in [6, 6.07) is 6.39. The van der Waals surface area contributed by atoms with Gasteiger partial charge < -0.3 is 5.11 Å². The van der Waals surface area contributed by atoms with Gasteiger partial charge in [0.05, 0.1) is 0 Å². The van der Waals surface area contributed by atoms with Gasteiger partial charge in [0.15, 0.2) is 5.75 Å². The van der Waals surface area contributed by atoms with Gasteiger partial charge in [-0.15, -0.1) is 0 Å². The first-order valence-electron chi connectivity index (χ1n) is 3.94. The summed E-state index contributed by atoms with van der Waals surface area (Å²) in [5.74, 6) is 0.145. The van der Waals surface area contributed by atoms with E-state index >= 15 is 0 Å². The van der Waals surface area contributed by atoms with Crippen LogP contribution in [-0.2, 0) is 0 Å². The third-order valence-electron chi connectivity index (χ3n) is 1.76. The van der Waals surface area contributed by atoms with E-state index in [-0.39, 0.29) is 62.6 Å². The van der Waals surface area contributed by atoms with Crippen LogP contribution in [0.1, 0.15) is 25.3 Å². The predicted octanol–water partition coefficient (Wildman–Crippen LogP) is 1.23. The molecular weight excluding hydrogens is 191 g/mol. The summed E-state index contributed by atoms with van der Waals surface area (Å²) in [6.45, 7) is 4.03. The molecule has 66 valence electrons. The van der Waals surface area contributed by atoms with Crippen molar-refractivity contribution in [1.82, 2.24) is 0 Å². The van der Waals surface area contributed by atoms with E-state index in [1.165, 1.54) is 12.1 Å². The number of hydrogen-bond donors (Lipinski definition) is 1. The SMILES string of the molecule is CC(C)c1cccc(=O)c(O)c1.[KH]. The van der Waals surface area contributed by atoms with Crippen LogP contribution in [0.25, 0.3) is 0 Å². The minimum absolute atomic E-state index is 0. The molecule has 0 spiro atoms. The molecule has 0 saturated heterocycles. The van der Waals surface area contributed by atoms with Gasteiger partial charge in [-0.1, -0.05) is 26.0 Å². The average molecular weight is 204 g/mol. The fraction of sp³-hybridized carbons (Fsp3) is 0.300. The normalized spacial score (nSPS) is 9.46. The molecule has 3 heteroatoms. The fourth-order valence-corrected chi connectivity index (χ4v) is 0.968. The molecule has 0 bridgehead atoms. The molecule has 0 amide bonds. The van der Waals surface area contributed by atoms with Crippen LogP contribution in [0.15, 0.2) is 29.1 Å². The Balaban J connectivity index is 0.00000144. The van der Waals surface area contributed by atoms with Gasteiger partial charge in [-0.2, -0.15) is 0 Å². The van der Waals surface area contributed by atoms with E-state index in [1.54, 1.807) is 6.07 Å². The van der Waals surface area contributed by atoms with E-state index in [2.05, 4.69) is 0 Å². The van der Waals surface area contributed by atoms with Gasteiger partial charge >= 0.3 is 51.4 Å². The van der Waals surface area contributed by atoms with Crippen molar-refractivity contribution in [2.24, 2.45) is 0 Å². The predicted molar refractivity (Wildman–Crippen MR) is 55.6 cm³/mol. The molecule has 0 aliphatic rings. The van der Waals surface area contributed by atoms with Crippen molar-refractivity contribution in [3.63, 3.8) is 0 Å². The summed E-state index contributed by atoms with van der Waals surface area (Å²) in [6.07, 6.45) is 0. The summed E-state index contributed by atoms with van der Waals surface area (Å²) >= 11 is 0. The Bertz CT molecular complexity index is 334. The molecule has 13 heavy (non-hydrogen) atoms. The monoisotopic (exact) mass is 204 g/mol. The number of rotatable bonds is 1. The van der Waals surface area contributed by atoms with Crippen LogP contribution >= 0.6 is 0 Å². The van der Waals surface area contributed by atoms with Crippen molar-refractivity contribution in [1.29, 1.82) is 0 Å². The van der Waals surface area contributed by atoms with Gasteiger partial charge in [-0.3, -0.25) is 4.79 Å². The van der Waals surface area contributed by atoms with E-state index < -0.39 is 0 Å². The molecular formula is C10H13KO2. The van der Waals surface area contributed by atoms with Crippen LogP contribution in [0.5, 0.6) is 5.75 Å². The summed E-state index contributed by atoms with van der Waals surface area (Å²) < 4.78 is 0. The maximum absolute atomic E-state index is 10.9. The van der Waals surface area contributed by atoms with Crippen LogP contribution in [0.3, 0.4) is 0 Å². The molecule has 0 aliphatic heterocycles. The number of hydrogen-bond acceptors (Lipinski definition) is 2. The topological polar surface area (TPSA) is 37.3 Å². The second-order valence-electron chi connectivity index (χ2n) is 3.07. The third kappa shape index (κ3) is 3.91. The molecule has 0 saturated carbocycles. The second kappa shape index (κ2) is 5.93. The molecule has 1 N–H and O–H groups in total. The summed E-state index contributed by atoms with van der Waals surface area (Å²) in [5.41, 5.74) is 0.636. The molecule has 1 rings (SSSR count). The molecule has 1 aromatic carbocycles. The van der Waals surface area contributed by atoms with Crippen molar-refractivity contribution in [3.05, 3.63) is 40.1 Å². The molecule has 0 aliphatic carbocycles. The average Bonchev–Trinajstić information content (AvgIpc) is 2.15. The van der Waals surface area contributed by atoms with Crippen LogP contribution in [0.4, 0.5) is 0 Å². The molecule has 0 heterocycles. The first kappa shape index (κ1) is 13.3. The van der Waals surface area contributed by atoms with Crippen LogP contribution in [-0.4, -0.2) is 56.5 Å². The zero-order valence-corrected chi connectivity index (χ0v) is 7.24. The van der Waals surface area contributed by atoms with Crippen molar-refractivity contribution >= 4 is 51.4 Å². The maximum atomic E-state index is 10.9. The van der Waals surface area contributed by atoms with E-state index in [9.17, 15) is 9.90 Å². The Morgan fingerprint density at radius 3 is 2.46 bits per heavy atom. The molecule has 0 aromatic heterocycles. The molecule has 2 nitrogen and oxygen atoms in total. The molecule has 0 unspecified atom stereocenters. The molecule has 1 aromatic rings. The first-order chi connectivity index (χ1) is 5.61. The van der Waals surface area contributed by atoms with Gasteiger partial charge in [0, 0.05) is 0 Å². The Hall–Kier alpha value is 0.326. The third-order valence-corrected chi connectivity index (χ3v) is 1.76. The van der Waals surface area contributed by atoms with Crippen molar-refractivity contribution < 1.29 is 5.11 Å². The zero-order valence-electron chi connectivity index (χ0n) is 7.24. The van der Waals surface area contributed by atoms with Crippen LogP contribution in [0, 0.1) is 0 Å². The van der Waals surface area contributed by atoms with Gasteiger partial charge in [0.1, 0.15) is 0 Å². The van der Waals surface area contributed by atoms with Gasteiger partial charge in [0.2, 0.25) is 5.43 Å². The van der Waals surface area contributed by atoms with Gasteiger partial charge in [-0.25, -0.2) is 0 Å². The molecule has 0 fully saturated rings. The minimum atomic E-state index is -0.332. The van der Waals surface area contributed by atoms with E-state index in [1.807, 2.05) is 19.9 Å². The van der Waals surface area contributed by atoms with Crippen LogP contribution < -0.4 is 5.43 Å². The van der Waals surface area contributed by atoms with Crippen molar-refractivity contribution in [3.8, 4) is 5.75 Å². The number of aromatic hydroxyl groups is 1. The zero-order chi connectivity index (χ0) is 9.14. The van der Waals surface area contributed by atoms with E-state index in [4.69, 9.17) is 0 Å². The first-order valence-corrected chi connectivity index (χ1v) is 3.94. The Kier molecular flexibility index (Phi) is 6.08.